The Bertz CT molecular complexity index is 548. The highest BCUT2D eigenvalue weighted by Gasteiger charge is 2.36. The number of nitrogens with zero attached hydrogens (tertiary/aromatic N) is 2. The summed E-state index contributed by atoms with van der Waals surface area (Å²) in [6.45, 7) is 4.91. The van der Waals surface area contributed by atoms with Crippen LogP contribution >= 0.6 is 15.9 Å². The lowest BCUT2D eigenvalue weighted by Crippen LogP contribution is -2.51. The van der Waals surface area contributed by atoms with Crippen LogP contribution in [0.4, 0.5) is 5.69 Å². The molecule has 2 fully saturated rings. The summed E-state index contributed by atoms with van der Waals surface area (Å²) in [7, 11) is 1.99. The lowest BCUT2D eigenvalue weighted by atomic mass is 10.0. The lowest BCUT2D eigenvalue weighted by molar-refractivity contribution is -0.129. The van der Waals surface area contributed by atoms with Crippen molar-refractivity contribution in [2.75, 3.05) is 31.6 Å². The van der Waals surface area contributed by atoms with Gasteiger partial charge in [-0.05, 0) is 44.2 Å². The van der Waals surface area contributed by atoms with E-state index in [2.05, 4.69) is 56.2 Å². The fourth-order valence-corrected chi connectivity index (χ4v) is 3.78. The molecule has 0 aliphatic carbocycles. The van der Waals surface area contributed by atoms with Crippen LogP contribution in [-0.2, 0) is 4.79 Å². The number of nitrogens with one attached hydrogen (secondary N) is 1. The second kappa shape index (κ2) is 5.97. The van der Waals surface area contributed by atoms with Gasteiger partial charge in [-0.2, -0.15) is 0 Å². The second-order valence-electron chi connectivity index (χ2n) is 5.94. The summed E-state index contributed by atoms with van der Waals surface area (Å²) in [5.74, 6) is 0.333. The summed E-state index contributed by atoms with van der Waals surface area (Å²) >= 11 is 3.57. The minimum Gasteiger partial charge on any atom is -0.367 e. The third kappa shape index (κ3) is 2.81. The van der Waals surface area contributed by atoms with Crippen molar-refractivity contribution in [3.8, 4) is 0 Å². The molecule has 2 unspecified atom stereocenters. The Morgan fingerprint density at radius 2 is 2.19 bits per heavy atom. The van der Waals surface area contributed by atoms with Gasteiger partial charge >= 0.3 is 0 Å². The maximum Gasteiger partial charge on any atom is 0.223 e. The highest BCUT2D eigenvalue weighted by Crippen LogP contribution is 2.32. The summed E-state index contributed by atoms with van der Waals surface area (Å²) in [4.78, 5) is 16.3. The van der Waals surface area contributed by atoms with E-state index >= 15 is 0 Å². The number of carbonyl (C=O) groups excluding carboxylic acids is 1. The molecule has 0 aromatic heterocycles. The normalized spacial score (nSPS) is 23.4. The first-order valence-corrected chi connectivity index (χ1v) is 8.40. The predicted molar refractivity (Wildman–Crippen MR) is 88.6 cm³/mol. The average Bonchev–Trinajstić information content (AvgIpc) is 2.87. The first-order valence-electron chi connectivity index (χ1n) is 7.61. The van der Waals surface area contributed by atoms with Gasteiger partial charge in [-0.1, -0.05) is 15.9 Å². The Labute approximate surface area is 134 Å². The van der Waals surface area contributed by atoms with Gasteiger partial charge in [0.05, 0.1) is 0 Å². The van der Waals surface area contributed by atoms with E-state index in [1.807, 2.05) is 7.05 Å². The van der Waals surface area contributed by atoms with Crippen molar-refractivity contribution in [3.63, 3.8) is 0 Å². The molecule has 114 valence electrons. The fraction of sp³-hybridized carbons (Fsp3) is 0.562. The van der Waals surface area contributed by atoms with Crippen LogP contribution < -0.4 is 10.2 Å². The Balaban J connectivity index is 1.86. The van der Waals surface area contributed by atoms with Crippen molar-refractivity contribution in [1.29, 1.82) is 0 Å². The van der Waals surface area contributed by atoms with Crippen LogP contribution in [0, 0.1) is 0 Å². The number of anilines is 1. The zero-order valence-corrected chi connectivity index (χ0v) is 14.2. The molecule has 1 aromatic rings. The molecule has 0 radical (unpaired) electrons. The molecule has 2 aliphatic heterocycles. The number of hydrogen-bond acceptors (Lipinski definition) is 3. The maximum atomic E-state index is 11.8. The number of benzene rings is 1. The van der Waals surface area contributed by atoms with Gasteiger partial charge in [0.25, 0.3) is 0 Å². The molecule has 2 saturated heterocycles. The molecule has 2 aliphatic rings. The van der Waals surface area contributed by atoms with Crippen LogP contribution in [-0.4, -0.2) is 43.5 Å². The van der Waals surface area contributed by atoms with E-state index in [9.17, 15) is 4.79 Å². The molecule has 21 heavy (non-hydrogen) atoms. The predicted octanol–water partition coefficient (Wildman–Crippen LogP) is 2.54. The quantitative estimate of drug-likeness (QED) is 0.908. The van der Waals surface area contributed by atoms with Crippen LogP contribution in [0.5, 0.6) is 0 Å². The molecule has 4 nitrogen and oxygen atoms in total. The van der Waals surface area contributed by atoms with Gasteiger partial charge in [-0.25, -0.2) is 0 Å². The number of hydrogen-bond donors (Lipinski definition) is 1. The smallest absolute Gasteiger partial charge is 0.223 e. The van der Waals surface area contributed by atoms with Gasteiger partial charge in [0, 0.05) is 48.3 Å². The Hall–Kier alpha value is -1.07. The Morgan fingerprint density at radius 1 is 1.38 bits per heavy atom. The van der Waals surface area contributed by atoms with Crippen molar-refractivity contribution >= 4 is 27.5 Å². The first kappa shape index (κ1) is 14.9. The van der Waals surface area contributed by atoms with E-state index in [4.69, 9.17) is 0 Å². The minimum absolute atomic E-state index is 0.306. The van der Waals surface area contributed by atoms with Crippen molar-refractivity contribution in [2.45, 2.75) is 31.8 Å². The monoisotopic (exact) mass is 351 g/mol. The van der Waals surface area contributed by atoms with E-state index < -0.39 is 0 Å². The van der Waals surface area contributed by atoms with Crippen LogP contribution in [0.3, 0.4) is 0 Å². The molecule has 1 amide bonds. The molecular formula is C16H22BrN3O. The van der Waals surface area contributed by atoms with Crippen LogP contribution in [0.25, 0.3) is 0 Å². The van der Waals surface area contributed by atoms with E-state index in [1.165, 1.54) is 11.3 Å². The zero-order valence-electron chi connectivity index (χ0n) is 12.6. The standard InChI is InChI=1S/C16H22BrN3O/c1-11(18-2)14-9-12(17)3-5-15(14)19-7-8-20-13(10-19)4-6-16(20)21/h3,5,9,11,13,18H,4,6-8,10H2,1-2H3. The molecule has 2 heterocycles. The van der Waals surface area contributed by atoms with Crippen molar-refractivity contribution in [2.24, 2.45) is 0 Å². The van der Waals surface area contributed by atoms with Crippen molar-refractivity contribution < 1.29 is 4.79 Å². The van der Waals surface area contributed by atoms with Gasteiger partial charge in [0.2, 0.25) is 5.91 Å². The van der Waals surface area contributed by atoms with Gasteiger partial charge in [0.15, 0.2) is 0 Å². The van der Waals surface area contributed by atoms with Crippen LogP contribution in [0.2, 0.25) is 0 Å². The molecular weight excluding hydrogens is 330 g/mol. The summed E-state index contributed by atoms with van der Waals surface area (Å²) in [6.07, 6.45) is 1.72. The van der Waals surface area contributed by atoms with Crippen molar-refractivity contribution in [1.82, 2.24) is 10.2 Å². The van der Waals surface area contributed by atoms with E-state index in [1.54, 1.807) is 0 Å². The van der Waals surface area contributed by atoms with Crippen LogP contribution in [0.1, 0.15) is 31.4 Å². The molecule has 0 saturated carbocycles. The highest BCUT2D eigenvalue weighted by molar-refractivity contribution is 9.10. The summed E-state index contributed by atoms with van der Waals surface area (Å²) in [5, 5.41) is 3.33. The molecule has 1 N–H and O–H groups in total. The summed E-state index contributed by atoms with van der Waals surface area (Å²) in [6, 6.07) is 7.20. The zero-order chi connectivity index (χ0) is 15.0. The Morgan fingerprint density at radius 3 is 2.95 bits per heavy atom. The topological polar surface area (TPSA) is 35.6 Å². The fourth-order valence-electron chi connectivity index (χ4n) is 3.40. The molecule has 5 heteroatoms. The number of rotatable bonds is 3. The highest BCUT2D eigenvalue weighted by atomic mass is 79.9. The van der Waals surface area contributed by atoms with Crippen molar-refractivity contribution in [3.05, 3.63) is 28.2 Å². The summed E-state index contributed by atoms with van der Waals surface area (Å²) in [5.41, 5.74) is 2.60. The second-order valence-corrected chi connectivity index (χ2v) is 6.85. The number of piperazine rings is 1. The maximum absolute atomic E-state index is 11.8. The minimum atomic E-state index is 0.306. The van der Waals surface area contributed by atoms with Gasteiger partial charge in [-0.3, -0.25) is 4.79 Å². The molecule has 0 bridgehead atoms. The molecule has 0 spiro atoms. The average molecular weight is 352 g/mol. The van der Waals surface area contributed by atoms with E-state index in [0.29, 0.717) is 18.0 Å². The Kier molecular flexibility index (Phi) is 4.22. The summed E-state index contributed by atoms with van der Waals surface area (Å²) < 4.78 is 1.11. The van der Waals surface area contributed by atoms with Crippen LogP contribution in [0.15, 0.2) is 22.7 Å². The number of fused-ring (bicyclic) bond motifs is 1. The van der Waals surface area contributed by atoms with Gasteiger partial charge < -0.3 is 15.1 Å². The number of halogens is 1. The van der Waals surface area contributed by atoms with E-state index in [0.717, 1.165) is 36.9 Å². The molecule has 1 aromatic carbocycles. The molecule has 3 rings (SSSR count). The first-order chi connectivity index (χ1) is 10.1. The number of carbonyl (C=O) groups is 1. The van der Waals surface area contributed by atoms with E-state index in [-0.39, 0.29) is 0 Å². The largest absolute Gasteiger partial charge is 0.367 e. The van der Waals surface area contributed by atoms with Gasteiger partial charge in [0.1, 0.15) is 0 Å². The third-order valence-corrected chi connectivity index (χ3v) is 5.22. The van der Waals surface area contributed by atoms with Gasteiger partial charge in [-0.15, -0.1) is 0 Å². The SMILES string of the molecule is CNC(C)c1cc(Br)ccc1N1CCN2C(=O)CCC2C1. The molecule has 2 atom stereocenters. The number of amides is 1. The lowest BCUT2D eigenvalue weighted by Gasteiger charge is -2.40. The third-order valence-electron chi connectivity index (χ3n) is 4.72.